The lowest BCUT2D eigenvalue weighted by Crippen LogP contribution is -2.45. The highest BCUT2D eigenvalue weighted by Crippen LogP contribution is 2.24. The van der Waals surface area contributed by atoms with Gasteiger partial charge in [-0.05, 0) is 56.9 Å². The third kappa shape index (κ3) is 4.48. The van der Waals surface area contributed by atoms with E-state index in [-0.39, 0.29) is 18.3 Å². The zero-order chi connectivity index (χ0) is 19.3. The number of amides is 2. The molecule has 2 N–H and O–H groups in total. The molecule has 0 spiro atoms. The summed E-state index contributed by atoms with van der Waals surface area (Å²) in [6.07, 6.45) is 0.368. The maximum Gasteiger partial charge on any atom is 0.239 e. The van der Waals surface area contributed by atoms with Crippen molar-refractivity contribution >= 4 is 17.5 Å². The Hall–Kier alpha value is -2.69. The zero-order valence-corrected chi connectivity index (χ0v) is 15.7. The van der Waals surface area contributed by atoms with Gasteiger partial charge in [0.15, 0.2) is 0 Å². The lowest BCUT2D eigenvalue weighted by Gasteiger charge is -2.24. The molecular formula is C21H25FN2O2. The van der Waals surface area contributed by atoms with Crippen molar-refractivity contribution in [2.75, 3.05) is 11.9 Å². The average Bonchev–Trinajstić information content (AvgIpc) is 2.59. The molecule has 26 heavy (non-hydrogen) atoms. The van der Waals surface area contributed by atoms with Gasteiger partial charge in [-0.3, -0.25) is 9.59 Å². The lowest BCUT2D eigenvalue weighted by atomic mass is 9.90. The molecule has 0 fully saturated rings. The van der Waals surface area contributed by atoms with Gasteiger partial charge in [0.25, 0.3) is 0 Å². The maximum absolute atomic E-state index is 13.6. The number of para-hydroxylation sites is 1. The third-order valence-corrected chi connectivity index (χ3v) is 4.49. The molecule has 0 aliphatic carbocycles. The van der Waals surface area contributed by atoms with Crippen LogP contribution in [0.2, 0.25) is 0 Å². The molecule has 2 aromatic carbocycles. The number of hydrogen-bond acceptors (Lipinski definition) is 2. The molecule has 138 valence electrons. The topological polar surface area (TPSA) is 58.2 Å². The number of hydrogen-bond donors (Lipinski definition) is 2. The smallest absolute Gasteiger partial charge is 0.239 e. The van der Waals surface area contributed by atoms with Crippen molar-refractivity contribution in [1.82, 2.24) is 5.32 Å². The van der Waals surface area contributed by atoms with Crippen LogP contribution in [0.5, 0.6) is 0 Å². The highest BCUT2D eigenvalue weighted by atomic mass is 19.1. The molecule has 0 atom stereocenters. The maximum atomic E-state index is 13.6. The normalized spacial score (nSPS) is 11.1. The van der Waals surface area contributed by atoms with E-state index in [0.717, 1.165) is 16.8 Å². The van der Waals surface area contributed by atoms with Gasteiger partial charge in [0.1, 0.15) is 11.2 Å². The van der Waals surface area contributed by atoms with Crippen molar-refractivity contribution in [1.29, 1.82) is 0 Å². The molecule has 5 heteroatoms. The van der Waals surface area contributed by atoms with E-state index in [1.54, 1.807) is 32.0 Å². The minimum atomic E-state index is -1.25. The molecule has 4 nitrogen and oxygen atoms in total. The van der Waals surface area contributed by atoms with E-state index in [4.69, 9.17) is 0 Å². The Bertz CT molecular complexity index is 795. The number of carbonyl (C=O) groups excluding carboxylic acids is 2. The van der Waals surface area contributed by atoms with Crippen LogP contribution >= 0.6 is 0 Å². The Morgan fingerprint density at radius 1 is 0.962 bits per heavy atom. The van der Waals surface area contributed by atoms with Crippen LogP contribution in [0.1, 0.15) is 30.5 Å². The minimum Gasteiger partial charge on any atom is -0.355 e. The van der Waals surface area contributed by atoms with Crippen LogP contribution in [-0.4, -0.2) is 18.4 Å². The fraction of sp³-hybridized carbons (Fsp3) is 0.333. The Morgan fingerprint density at radius 2 is 1.58 bits per heavy atom. The van der Waals surface area contributed by atoms with Gasteiger partial charge < -0.3 is 10.6 Å². The summed E-state index contributed by atoms with van der Waals surface area (Å²) in [4.78, 5) is 25.1. The standard InChI is InChI=1S/C21H25FN2O2/c1-14-8-7-9-15(2)18(14)24-20(26)21(3,4)19(25)23-13-12-16-10-5-6-11-17(16)22/h5-11H,12-13H2,1-4H3,(H,23,25)(H,24,26). The summed E-state index contributed by atoms with van der Waals surface area (Å²) in [6, 6.07) is 12.2. The second-order valence-electron chi connectivity index (χ2n) is 6.94. The Balaban J connectivity index is 1.98. The molecule has 2 rings (SSSR count). The first-order valence-corrected chi connectivity index (χ1v) is 8.63. The zero-order valence-electron chi connectivity index (χ0n) is 15.7. The Kier molecular flexibility index (Phi) is 6.14. The van der Waals surface area contributed by atoms with Gasteiger partial charge in [0.2, 0.25) is 11.8 Å². The molecule has 0 unspecified atom stereocenters. The summed E-state index contributed by atoms with van der Waals surface area (Å²) in [7, 11) is 0. The molecule has 0 heterocycles. The summed E-state index contributed by atoms with van der Waals surface area (Å²) in [6.45, 7) is 7.23. The van der Waals surface area contributed by atoms with Crippen molar-refractivity contribution in [3.8, 4) is 0 Å². The van der Waals surface area contributed by atoms with Gasteiger partial charge in [-0.1, -0.05) is 36.4 Å². The van der Waals surface area contributed by atoms with E-state index < -0.39 is 11.3 Å². The number of halogens is 1. The first kappa shape index (κ1) is 19.6. The van der Waals surface area contributed by atoms with E-state index in [1.807, 2.05) is 32.0 Å². The first-order chi connectivity index (χ1) is 12.2. The predicted octanol–water partition coefficient (Wildman–Crippen LogP) is 3.77. The molecule has 0 aromatic heterocycles. The number of carbonyl (C=O) groups is 2. The molecular weight excluding hydrogens is 331 g/mol. The number of anilines is 1. The molecule has 0 aliphatic heterocycles. The van der Waals surface area contributed by atoms with Crippen molar-refractivity contribution in [2.45, 2.75) is 34.1 Å². The second kappa shape index (κ2) is 8.13. The molecule has 0 saturated carbocycles. The largest absolute Gasteiger partial charge is 0.355 e. The third-order valence-electron chi connectivity index (χ3n) is 4.49. The highest BCUT2D eigenvalue weighted by Gasteiger charge is 2.36. The number of nitrogens with one attached hydrogen (secondary N) is 2. The quantitative estimate of drug-likeness (QED) is 0.774. The Morgan fingerprint density at radius 3 is 2.19 bits per heavy atom. The monoisotopic (exact) mass is 356 g/mol. The number of rotatable bonds is 6. The van der Waals surface area contributed by atoms with E-state index in [1.165, 1.54) is 6.07 Å². The van der Waals surface area contributed by atoms with Crippen LogP contribution < -0.4 is 10.6 Å². The van der Waals surface area contributed by atoms with E-state index in [0.29, 0.717) is 12.0 Å². The predicted molar refractivity (Wildman–Crippen MR) is 101 cm³/mol. The van der Waals surface area contributed by atoms with Crippen LogP contribution in [0.15, 0.2) is 42.5 Å². The Labute approximate surface area is 153 Å². The van der Waals surface area contributed by atoms with Crippen molar-refractivity contribution < 1.29 is 14.0 Å². The van der Waals surface area contributed by atoms with E-state index in [2.05, 4.69) is 10.6 Å². The SMILES string of the molecule is Cc1cccc(C)c1NC(=O)C(C)(C)C(=O)NCCc1ccccc1F. The molecule has 0 saturated heterocycles. The van der Waals surface area contributed by atoms with Crippen LogP contribution in [0.4, 0.5) is 10.1 Å². The molecule has 0 bridgehead atoms. The molecule has 0 radical (unpaired) electrons. The van der Waals surface area contributed by atoms with Gasteiger partial charge in [0, 0.05) is 12.2 Å². The molecule has 2 aromatic rings. The lowest BCUT2D eigenvalue weighted by molar-refractivity contribution is -0.138. The van der Waals surface area contributed by atoms with Crippen LogP contribution in [-0.2, 0) is 16.0 Å². The van der Waals surface area contributed by atoms with Gasteiger partial charge in [-0.15, -0.1) is 0 Å². The van der Waals surface area contributed by atoms with Crippen molar-refractivity contribution in [2.24, 2.45) is 5.41 Å². The van der Waals surface area contributed by atoms with Gasteiger partial charge >= 0.3 is 0 Å². The fourth-order valence-corrected chi connectivity index (χ4v) is 2.62. The highest BCUT2D eigenvalue weighted by molar-refractivity contribution is 6.10. The molecule has 2 amide bonds. The fourth-order valence-electron chi connectivity index (χ4n) is 2.62. The van der Waals surface area contributed by atoms with Gasteiger partial charge in [-0.2, -0.15) is 0 Å². The van der Waals surface area contributed by atoms with Crippen molar-refractivity contribution in [3.63, 3.8) is 0 Å². The second-order valence-corrected chi connectivity index (χ2v) is 6.94. The first-order valence-electron chi connectivity index (χ1n) is 8.63. The van der Waals surface area contributed by atoms with Crippen LogP contribution in [0.3, 0.4) is 0 Å². The summed E-state index contributed by atoms with van der Waals surface area (Å²) in [5.41, 5.74) is 1.89. The summed E-state index contributed by atoms with van der Waals surface area (Å²) < 4.78 is 13.6. The van der Waals surface area contributed by atoms with Crippen LogP contribution in [0.25, 0.3) is 0 Å². The van der Waals surface area contributed by atoms with Gasteiger partial charge in [0.05, 0.1) is 0 Å². The summed E-state index contributed by atoms with van der Waals surface area (Å²) in [5.74, 6) is -1.07. The number of benzene rings is 2. The van der Waals surface area contributed by atoms with E-state index in [9.17, 15) is 14.0 Å². The van der Waals surface area contributed by atoms with Crippen molar-refractivity contribution in [3.05, 3.63) is 65.0 Å². The van der Waals surface area contributed by atoms with E-state index >= 15 is 0 Å². The summed E-state index contributed by atoms with van der Waals surface area (Å²) >= 11 is 0. The van der Waals surface area contributed by atoms with Crippen LogP contribution in [0, 0.1) is 25.1 Å². The molecule has 0 aliphatic rings. The average molecular weight is 356 g/mol. The summed E-state index contributed by atoms with van der Waals surface area (Å²) in [5, 5.41) is 5.59. The van der Waals surface area contributed by atoms with Gasteiger partial charge in [-0.25, -0.2) is 4.39 Å². The number of aryl methyl sites for hydroxylation is 2. The minimum absolute atomic E-state index is 0.264.